The van der Waals surface area contributed by atoms with Crippen LogP contribution in [0, 0.1) is 5.82 Å². The average molecular weight is 668 g/mol. The van der Waals surface area contributed by atoms with E-state index in [9.17, 15) is 0 Å². The number of aromatic nitrogens is 1. The molecule has 3 aromatic carbocycles. The second kappa shape index (κ2) is 14.5. The quantitative estimate of drug-likeness (QED) is 0.0755. The van der Waals surface area contributed by atoms with Gasteiger partial charge in [0.15, 0.2) is 28.2 Å². The molecule has 1 aliphatic heterocycles. The van der Waals surface area contributed by atoms with Crippen LogP contribution >= 0.6 is 35.4 Å². The summed E-state index contributed by atoms with van der Waals surface area (Å²) >= 11 is 17.3. The van der Waals surface area contributed by atoms with E-state index in [0.29, 0.717) is 50.4 Å². The Bertz CT molecular complexity index is 1790. The van der Waals surface area contributed by atoms with E-state index in [2.05, 4.69) is 15.0 Å². The molecule has 1 aliphatic rings. The Morgan fingerprint density at radius 1 is 1.02 bits per heavy atom. The number of hydrazone groups is 1. The number of nitrogens with two attached hydrogens (primary N) is 1. The highest BCUT2D eigenvalue weighted by Gasteiger charge is 2.16. The molecular weight excluding hydrogens is 638 g/mol. The van der Waals surface area contributed by atoms with Crippen LogP contribution in [-0.2, 0) is 0 Å². The van der Waals surface area contributed by atoms with Crippen LogP contribution in [0.1, 0.15) is 12.0 Å². The molecular formula is C32H29Cl2FN6O3S. The summed E-state index contributed by atoms with van der Waals surface area (Å²) in [5.74, 6) is 0.751. The molecule has 232 valence electrons. The molecule has 0 saturated heterocycles. The van der Waals surface area contributed by atoms with Gasteiger partial charge >= 0.3 is 0 Å². The van der Waals surface area contributed by atoms with Crippen molar-refractivity contribution in [1.82, 2.24) is 14.8 Å². The lowest BCUT2D eigenvalue weighted by Crippen LogP contribution is -2.31. The Morgan fingerprint density at radius 3 is 2.53 bits per heavy atom. The Balaban J connectivity index is 1.31. The van der Waals surface area contributed by atoms with Gasteiger partial charge in [-0.25, -0.2) is 9.40 Å². The minimum absolute atomic E-state index is 0.0230. The van der Waals surface area contributed by atoms with E-state index < -0.39 is 5.82 Å². The van der Waals surface area contributed by atoms with Crippen LogP contribution in [-0.4, -0.2) is 53.4 Å². The van der Waals surface area contributed by atoms with Crippen molar-refractivity contribution in [2.24, 2.45) is 10.8 Å². The SMILES string of the molecule is COc1cc2c(Oc3ccc(N(/N=C/c4ccc(Cl)cc4Cl)C(N)=S)cc3F)ccnc2cc1OCCCN1C=CN(C)C=C1. The number of hydrogen-bond acceptors (Lipinski definition) is 8. The van der Waals surface area contributed by atoms with Gasteiger partial charge in [0.25, 0.3) is 0 Å². The van der Waals surface area contributed by atoms with Gasteiger partial charge in [0.1, 0.15) is 5.75 Å². The molecule has 13 heteroatoms. The molecule has 0 unspecified atom stereocenters. The highest BCUT2D eigenvalue weighted by molar-refractivity contribution is 7.80. The summed E-state index contributed by atoms with van der Waals surface area (Å²) in [4.78, 5) is 8.52. The van der Waals surface area contributed by atoms with Crippen molar-refractivity contribution in [2.75, 3.05) is 32.3 Å². The van der Waals surface area contributed by atoms with Gasteiger partial charge in [-0.05, 0) is 55.0 Å². The zero-order valence-corrected chi connectivity index (χ0v) is 26.7. The fourth-order valence-electron chi connectivity index (χ4n) is 4.35. The smallest absolute Gasteiger partial charge is 0.191 e. The molecule has 1 aromatic heterocycles. The number of fused-ring (bicyclic) bond motifs is 1. The number of rotatable bonds is 11. The van der Waals surface area contributed by atoms with E-state index in [-0.39, 0.29) is 16.5 Å². The topological polar surface area (TPSA) is 88.7 Å². The van der Waals surface area contributed by atoms with Gasteiger partial charge in [-0.15, -0.1) is 0 Å². The number of halogens is 3. The molecule has 2 heterocycles. The van der Waals surface area contributed by atoms with Crippen molar-refractivity contribution in [3.8, 4) is 23.0 Å². The highest BCUT2D eigenvalue weighted by atomic mass is 35.5. The zero-order chi connectivity index (χ0) is 31.9. The third-order valence-corrected chi connectivity index (χ3v) is 7.39. The standard InChI is InChI=1S/C32H29Cl2FN6O3S/c1-39-11-13-40(14-12-39)10-3-15-43-31-19-27-24(18-30(31)42-2)28(8-9-37-27)44-29-7-6-23(17-26(29)35)41(32(36)45)38-20-21-4-5-22(33)16-25(21)34/h4-9,11-14,16-20H,3,10,15H2,1-2H3,(H2,36,45)/b38-20+. The van der Waals surface area contributed by atoms with Crippen LogP contribution in [0.5, 0.6) is 23.0 Å². The maximum absolute atomic E-state index is 15.4. The van der Waals surface area contributed by atoms with Crippen molar-refractivity contribution in [3.05, 3.63) is 107 Å². The van der Waals surface area contributed by atoms with E-state index in [0.717, 1.165) is 13.0 Å². The number of hydrogen-bond donors (Lipinski definition) is 1. The normalized spacial score (nSPS) is 12.6. The van der Waals surface area contributed by atoms with Gasteiger partial charge in [0.05, 0.1) is 36.2 Å². The fraction of sp³-hybridized carbons (Fsp3) is 0.156. The van der Waals surface area contributed by atoms with Gasteiger partial charge in [-0.2, -0.15) is 5.10 Å². The molecule has 45 heavy (non-hydrogen) atoms. The molecule has 5 rings (SSSR count). The van der Waals surface area contributed by atoms with Crippen LogP contribution in [0.4, 0.5) is 10.1 Å². The lowest BCUT2D eigenvalue weighted by Gasteiger charge is -2.22. The molecule has 0 bridgehead atoms. The first kappa shape index (κ1) is 31.8. The molecule has 0 amide bonds. The van der Waals surface area contributed by atoms with Gasteiger partial charge in [0.2, 0.25) is 0 Å². The summed E-state index contributed by atoms with van der Waals surface area (Å²) in [7, 11) is 3.53. The second-order valence-corrected chi connectivity index (χ2v) is 11.1. The predicted molar refractivity (Wildman–Crippen MR) is 181 cm³/mol. The Hall–Kier alpha value is -4.58. The maximum atomic E-state index is 15.4. The summed E-state index contributed by atoms with van der Waals surface area (Å²) < 4.78 is 33.0. The Labute approximate surface area is 275 Å². The van der Waals surface area contributed by atoms with Crippen molar-refractivity contribution in [2.45, 2.75) is 6.42 Å². The van der Waals surface area contributed by atoms with E-state index in [4.69, 9.17) is 55.4 Å². The van der Waals surface area contributed by atoms with Gasteiger partial charge in [-0.1, -0.05) is 29.3 Å². The summed E-state index contributed by atoms with van der Waals surface area (Å²) in [5, 5.41) is 6.90. The Kier molecular flexibility index (Phi) is 10.2. The van der Waals surface area contributed by atoms with Crippen molar-refractivity contribution < 1.29 is 18.6 Å². The average Bonchev–Trinajstić information content (AvgIpc) is 3.02. The number of anilines is 1. The molecule has 0 radical (unpaired) electrons. The van der Waals surface area contributed by atoms with Crippen LogP contribution in [0.15, 0.2) is 90.7 Å². The van der Waals surface area contributed by atoms with Crippen LogP contribution in [0.3, 0.4) is 0 Å². The molecule has 0 saturated carbocycles. The lowest BCUT2D eigenvalue weighted by atomic mass is 10.1. The number of nitrogens with zero attached hydrogens (tertiary/aromatic N) is 5. The van der Waals surface area contributed by atoms with Crippen LogP contribution in [0.2, 0.25) is 10.0 Å². The van der Waals surface area contributed by atoms with E-state index in [1.165, 1.54) is 23.4 Å². The van der Waals surface area contributed by atoms with Crippen molar-refractivity contribution >= 4 is 63.3 Å². The molecule has 0 spiro atoms. The number of ether oxygens (including phenoxy) is 3. The van der Waals surface area contributed by atoms with Gasteiger partial charge < -0.3 is 29.7 Å². The molecule has 9 nitrogen and oxygen atoms in total. The number of benzene rings is 3. The molecule has 4 aromatic rings. The number of pyridine rings is 1. The number of methoxy groups -OCH3 is 1. The van der Waals surface area contributed by atoms with Gasteiger partial charge in [0, 0.05) is 72.7 Å². The van der Waals surface area contributed by atoms with E-state index in [1.807, 2.05) is 36.7 Å². The molecule has 2 N–H and O–H groups in total. The van der Waals surface area contributed by atoms with Crippen LogP contribution < -0.4 is 25.0 Å². The third kappa shape index (κ3) is 7.93. The molecule has 0 aliphatic carbocycles. The zero-order valence-electron chi connectivity index (χ0n) is 24.4. The fourth-order valence-corrected chi connectivity index (χ4v) is 4.96. The summed E-state index contributed by atoms with van der Waals surface area (Å²) in [6.07, 6.45) is 11.8. The Morgan fingerprint density at radius 2 is 1.82 bits per heavy atom. The third-order valence-electron chi connectivity index (χ3n) is 6.66. The van der Waals surface area contributed by atoms with Crippen LogP contribution in [0.25, 0.3) is 10.9 Å². The molecule has 0 fully saturated rings. The minimum Gasteiger partial charge on any atom is -0.493 e. The maximum Gasteiger partial charge on any atom is 0.191 e. The summed E-state index contributed by atoms with van der Waals surface area (Å²) in [6.45, 7) is 1.28. The number of thiocarbonyl (C=S) groups is 1. The summed E-state index contributed by atoms with van der Waals surface area (Å²) in [6, 6.07) is 14.4. The highest BCUT2D eigenvalue weighted by Crippen LogP contribution is 2.38. The molecule has 0 atom stereocenters. The first-order valence-corrected chi connectivity index (χ1v) is 14.9. The van der Waals surface area contributed by atoms with Crippen molar-refractivity contribution in [3.63, 3.8) is 0 Å². The monoisotopic (exact) mass is 666 g/mol. The second-order valence-electron chi connectivity index (χ2n) is 9.81. The first-order chi connectivity index (χ1) is 21.7. The van der Waals surface area contributed by atoms with E-state index >= 15 is 4.39 Å². The lowest BCUT2D eigenvalue weighted by molar-refractivity contribution is 0.276. The largest absolute Gasteiger partial charge is 0.493 e. The van der Waals surface area contributed by atoms with Gasteiger partial charge in [-0.3, -0.25) is 4.98 Å². The van der Waals surface area contributed by atoms with Crippen molar-refractivity contribution in [1.29, 1.82) is 0 Å². The predicted octanol–water partition coefficient (Wildman–Crippen LogP) is 7.52. The first-order valence-electron chi connectivity index (χ1n) is 13.7. The minimum atomic E-state index is -0.657. The van der Waals surface area contributed by atoms with E-state index in [1.54, 1.807) is 55.8 Å². The summed E-state index contributed by atoms with van der Waals surface area (Å²) in [5.41, 5.74) is 7.35.